The highest BCUT2D eigenvalue weighted by atomic mass is 16.5. The third-order valence-electron chi connectivity index (χ3n) is 4.20. The molecule has 5 nitrogen and oxygen atoms in total. The molecular formula is C21H29NO4. The van der Waals surface area contributed by atoms with E-state index >= 15 is 0 Å². The summed E-state index contributed by atoms with van der Waals surface area (Å²) in [5.41, 5.74) is 2.25. The van der Waals surface area contributed by atoms with Crippen molar-refractivity contribution >= 4 is 0 Å². The molecule has 1 unspecified atom stereocenters. The van der Waals surface area contributed by atoms with Crippen LogP contribution in [0, 0.1) is 6.92 Å². The summed E-state index contributed by atoms with van der Waals surface area (Å²) in [7, 11) is 3.26. The van der Waals surface area contributed by atoms with Crippen LogP contribution in [0.1, 0.15) is 18.1 Å². The van der Waals surface area contributed by atoms with Crippen LogP contribution in [0.5, 0.6) is 17.2 Å². The number of aryl methyl sites for hydroxylation is 1. The van der Waals surface area contributed by atoms with Gasteiger partial charge in [-0.2, -0.15) is 0 Å². The molecule has 0 saturated heterocycles. The van der Waals surface area contributed by atoms with Crippen LogP contribution < -0.4 is 14.2 Å². The molecular weight excluding hydrogens is 330 g/mol. The lowest BCUT2D eigenvalue weighted by atomic mass is 10.1. The second-order valence-electron chi connectivity index (χ2n) is 6.30. The Morgan fingerprint density at radius 3 is 2.46 bits per heavy atom. The summed E-state index contributed by atoms with van der Waals surface area (Å²) in [6, 6.07) is 13.7. The average molecular weight is 359 g/mol. The van der Waals surface area contributed by atoms with Crippen molar-refractivity contribution in [2.75, 3.05) is 33.9 Å². The van der Waals surface area contributed by atoms with Gasteiger partial charge in [0.15, 0.2) is 11.5 Å². The van der Waals surface area contributed by atoms with Crippen LogP contribution in [0.2, 0.25) is 0 Å². The smallest absolute Gasteiger partial charge is 0.161 e. The van der Waals surface area contributed by atoms with Crippen LogP contribution in [0.3, 0.4) is 0 Å². The molecule has 2 rings (SSSR count). The summed E-state index contributed by atoms with van der Waals surface area (Å²) in [6.45, 7) is 6.46. The van der Waals surface area contributed by atoms with Gasteiger partial charge in [-0.15, -0.1) is 0 Å². The molecule has 0 aliphatic carbocycles. The predicted molar refractivity (Wildman–Crippen MR) is 103 cm³/mol. The zero-order chi connectivity index (χ0) is 18.9. The van der Waals surface area contributed by atoms with Gasteiger partial charge in [0.25, 0.3) is 0 Å². The molecule has 1 N–H and O–H groups in total. The molecule has 2 aromatic rings. The normalized spacial score (nSPS) is 12.1. The molecule has 0 aliphatic heterocycles. The quantitative estimate of drug-likeness (QED) is 0.706. The van der Waals surface area contributed by atoms with Gasteiger partial charge in [-0.25, -0.2) is 0 Å². The van der Waals surface area contributed by atoms with Gasteiger partial charge in [0, 0.05) is 13.1 Å². The number of methoxy groups -OCH3 is 2. The molecule has 0 amide bonds. The lowest BCUT2D eigenvalue weighted by molar-refractivity contribution is 0.0674. The van der Waals surface area contributed by atoms with Crippen molar-refractivity contribution < 1.29 is 19.3 Å². The minimum Gasteiger partial charge on any atom is -0.493 e. The standard InChI is InChI=1S/C21H29NO4/c1-5-22(13-17-9-10-20(24-3)21(12-17)25-4)14-18(23)15-26-19-8-6-7-16(2)11-19/h6-12,18,23H,5,13-15H2,1-4H3. The van der Waals surface area contributed by atoms with Crippen LogP contribution in [0.25, 0.3) is 0 Å². The van der Waals surface area contributed by atoms with Crippen LogP contribution in [-0.2, 0) is 6.54 Å². The maximum Gasteiger partial charge on any atom is 0.161 e. The van der Waals surface area contributed by atoms with E-state index in [0.717, 1.165) is 30.0 Å². The number of rotatable bonds is 10. The average Bonchev–Trinajstić information content (AvgIpc) is 2.65. The number of aliphatic hydroxyl groups excluding tert-OH is 1. The Balaban J connectivity index is 1.89. The number of likely N-dealkylation sites (N-methyl/N-ethyl adjacent to an activating group) is 1. The molecule has 0 aliphatic rings. The van der Waals surface area contributed by atoms with Gasteiger partial charge >= 0.3 is 0 Å². The number of hydrogen-bond donors (Lipinski definition) is 1. The molecule has 26 heavy (non-hydrogen) atoms. The Kier molecular flexibility index (Phi) is 7.75. The van der Waals surface area contributed by atoms with Gasteiger partial charge < -0.3 is 19.3 Å². The van der Waals surface area contributed by atoms with Crippen LogP contribution in [0.4, 0.5) is 0 Å². The fraction of sp³-hybridized carbons (Fsp3) is 0.429. The van der Waals surface area contributed by atoms with E-state index in [4.69, 9.17) is 14.2 Å². The van der Waals surface area contributed by atoms with Crippen molar-refractivity contribution in [3.8, 4) is 17.2 Å². The molecule has 0 bridgehead atoms. The number of benzene rings is 2. The first-order chi connectivity index (χ1) is 12.5. The Labute approximate surface area is 156 Å². The SMILES string of the molecule is CCN(Cc1ccc(OC)c(OC)c1)CC(O)COc1cccc(C)c1. The Morgan fingerprint density at radius 1 is 1.04 bits per heavy atom. The lowest BCUT2D eigenvalue weighted by Gasteiger charge is -2.24. The molecule has 0 radical (unpaired) electrons. The Bertz CT molecular complexity index is 689. The highest BCUT2D eigenvalue weighted by Gasteiger charge is 2.13. The molecule has 5 heteroatoms. The van der Waals surface area contributed by atoms with E-state index in [0.29, 0.717) is 18.0 Å². The van der Waals surface area contributed by atoms with Crippen molar-refractivity contribution in [3.63, 3.8) is 0 Å². The predicted octanol–water partition coefficient (Wildman–Crippen LogP) is 3.27. The summed E-state index contributed by atoms with van der Waals surface area (Å²) in [4.78, 5) is 2.17. The summed E-state index contributed by atoms with van der Waals surface area (Å²) >= 11 is 0. The number of ether oxygens (including phenoxy) is 3. The van der Waals surface area contributed by atoms with Crippen LogP contribution in [-0.4, -0.2) is 50.0 Å². The topological polar surface area (TPSA) is 51.2 Å². The fourth-order valence-electron chi connectivity index (χ4n) is 2.79. The van der Waals surface area contributed by atoms with E-state index in [2.05, 4.69) is 11.8 Å². The molecule has 142 valence electrons. The van der Waals surface area contributed by atoms with E-state index in [1.807, 2.05) is 49.4 Å². The van der Waals surface area contributed by atoms with Gasteiger partial charge in [-0.3, -0.25) is 4.90 Å². The third kappa shape index (κ3) is 5.93. The first-order valence-corrected chi connectivity index (χ1v) is 8.86. The second-order valence-corrected chi connectivity index (χ2v) is 6.30. The molecule has 2 aromatic carbocycles. The molecule has 0 fully saturated rings. The lowest BCUT2D eigenvalue weighted by Crippen LogP contribution is -2.35. The van der Waals surface area contributed by atoms with E-state index in [1.165, 1.54) is 0 Å². The summed E-state index contributed by atoms with van der Waals surface area (Å²) in [5.74, 6) is 2.21. The van der Waals surface area contributed by atoms with Crippen molar-refractivity contribution in [1.29, 1.82) is 0 Å². The Morgan fingerprint density at radius 2 is 1.81 bits per heavy atom. The first kappa shape index (κ1) is 20.1. The van der Waals surface area contributed by atoms with Gasteiger partial charge in [0.2, 0.25) is 0 Å². The van der Waals surface area contributed by atoms with Gasteiger partial charge in [0.05, 0.1) is 14.2 Å². The maximum atomic E-state index is 10.3. The summed E-state index contributed by atoms with van der Waals surface area (Å²) in [6.07, 6.45) is -0.560. The molecule has 0 spiro atoms. The largest absolute Gasteiger partial charge is 0.493 e. The molecule has 1 atom stereocenters. The van der Waals surface area contributed by atoms with Crippen molar-refractivity contribution in [3.05, 3.63) is 53.6 Å². The van der Waals surface area contributed by atoms with Crippen LogP contribution >= 0.6 is 0 Å². The number of hydrogen-bond acceptors (Lipinski definition) is 5. The van der Waals surface area contributed by atoms with E-state index in [-0.39, 0.29) is 6.61 Å². The van der Waals surface area contributed by atoms with E-state index in [9.17, 15) is 5.11 Å². The minimum atomic E-state index is -0.560. The van der Waals surface area contributed by atoms with E-state index < -0.39 is 6.10 Å². The number of aliphatic hydroxyl groups is 1. The van der Waals surface area contributed by atoms with Crippen molar-refractivity contribution in [1.82, 2.24) is 4.90 Å². The van der Waals surface area contributed by atoms with Crippen molar-refractivity contribution in [2.45, 2.75) is 26.5 Å². The third-order valence-corrected chi connectivity index (χ3v) is 4.20. The summed E-state index contributed by atoms with van der Waals surface area (Å²) in [5, 5.41) is 10.3. The zero-order valence-electron chi connectivity index (χ0n) is 16.1. The monoisotopic (exact) mass is 359 g/mol. The van der Waals surface area contributed by atoms with Crippen molar-refractivity contribution in [2.24, 2.45) is 0 Å². The minimum absolute atomic E-state index is 0.270. The fourth-order valence-corrected chi connectivity index (χ4v) is 2.79. The summed E-state index contributed by atoms with van der Waals surface area (Å²) < 4.78 is 16.3. The van der Waals surface area contributed by atoms with Crippen LogP contribution in [0.15, 0.2) is 42.5 Å². The van der Waals surface area contributed by atoms with Gasteiger partial charge in [-0.1, -0.05) is 25.1 Å². The second kappa shape index (κ2) is 10.0. The highest BCUT2D eigenvalue weighted by molar-refractivity contribution is 5.42. The molecule has 0 heterocycles. The van der Waals surface area contributed by atoms with Gasteiger partial charge in [-0.05, 0) is 48.9 Å². The van der Waals surface area contributed by atoms with E-state index in [1.54, 1.807) is 14.2 Å². The zero-order valence-corrected chi connectivity index (χ0v) is 16.1. The van der Waals surface area contributed by atoms with Gasteiger partial charge in [0.1, 0.15) is 18.5 Å². The molecule has 0 aromatic heterocycles. The number of nitrogens with zero attached hydrogens (tertiary/aromatic N) is 1. The molecule has 0 saturated carbocycles. The first-order valence-electron chi connectivity index (χ1n) is 8.86. The maximum absolute atomic E-state index is 10.3. The Hall–Kier alpha value is -2.24. The highest BCUT2D eigenvalue weighted by Crippen LogP contribution is 2.28.